The van der Waals surface area contributed by atoms with Crippen LogP contribution in [0.25, 0.3) is 0 Å². The molecule has 0 atom stereocenters. The van der Waals surface area contributed by atoms with Crippen molar-refractivity contribution in [3.8, 4) is 0 Å². The highest BCUT2D eigenvalue weighted by Gasteiger charge is 2.23. The van der Waals surface area contributed by atoms with Crippen molar-refractivity contribution in [2.75, 3.05) is 6.54 Å². The van der Waals surface area contributed by atoms with E-state index in [0.717, 1.165) is 24.2 Å². The van der Waals surface area contributed by atoms with Crippen molar-refractivity contribution in [2.24, 2.45) is 5.73 Å². The lowest BCUT2D eigenvalue weighted by Gasteiger charge is -2.19. The Kier molecular flexibility index (Phi) is 3.98. The first-order valence-electron chi connectivity index (χ1n) is 8.05. The van der Waals surface area contributed by atoms with Crippen LogP contribution in [0, 0.1) is 0 Å². The predicted octanol–water partition coefficient (Wildman–Crippen LogP) is 1.97. The lowest BCUT2D eigenvalue weighted by Crippen LogP contribution is -2.26. The van der Waals surface area contributed by atoms with Crippen LogP contribution < -0.4 is 11.1 Å². The minimum Gasteiger partial charge on any atom is -0.364 e. The number of hydrogen-bond donors (Lipinski definition) is 2. The van der Waals surface area contributed by atoms with Gasteiger partial charge in [0.1, 0.15) is 0 Å². The van der Waals surface area contributed by atoms with Crippen molar-refractivity contribution in [2.45, 2.75) is 45.7 Å². The molecule has 3 rings (SSSR count). The lowest BCUT2D eigenvalue weighted by molar-refractivity contribution is 0.0993. The summed E-state index contributed by atoms with van der Waals surface area (Å²) in [6.07, 6.45) is 0.871. The molecular formula is C18H24N4O. The average Bonchev–Trinajstić information content (AvgIpc) is 2.86. The first-order chi connectivity index (χ1) is 10.9. The van der Waals surface area contributed by atoms with E-state index in [4.69, 9.17) is 5.73 Å². The molecular weight excluding hydrogens is 288 g/mol. The fourth-order valence-electron chi connectivity index (χ4n) is 3.03. The van der Waals surface area contributed by atoms with Crippen LogP contribution in [0.3, 0.4) is 0 Å². The topological polar surface area (TPSA) is 72.9 Å². The van der Waals surface area contributed by atoms with Gasteiger partial charge in [-0.25, -0.2) is 0 Å². The summed E-state index contributed by atoms with van der Waals surface area (Å²) in [5.41, 5.74) is 10.6. The van der Waals surface area contributed by atoms with Crippen LogP contribution in [0.1, 0.15) is 53.6 Å². The highest BCUT2D eigenvalue weighted by Crippen LogP contribution is 2.23. The van der Waals surface area contributed by atoms with Crippen LogP contribution in [-0.2, 0) is 24.9 Å². The molecule has 1 amide bonds. The molecule has 1 aromatic heterocycles. The van der Waals surface area contributed by atoms with Crippen molar-refractivity contribution in [3.63, 3.8) is 0 Å². The molecule has 0 saturated carbocycles. The first kappa shape index (κ1) is 15.7. The maximum atomic E-state index is 11.6. The molecule has 5 nitrogen and oxygen atoms in total. The monoisotopic (exact) mass is 312 g/mol. The van der Waals surface area contributed by atoms with Crippen molar-refractivity contribution in [1.82, 2.24) is 15.1 Å². The van der Waals surface area contributed by atoms with Gasteiger partial charge in [0.2, 0.25) is 0 Å². The van der Waals surface area contributed by atoms with Gasteiger partial charge in [-0.15, -0.1) is 0 Å². The molecule has 122 valence electrons. The van der Waals surface area contributed by atoms with Crippen LogP contribution in [-0.4, -0.2) is 22.2 Å². The Hall–Kier alpha value is -2.14. The fraction of sp³-hybridized carbons (Fsp3) is 0.444. The summed E-state index contributed by atoms with van der Waals surface area (Å²) in [5, 5.41) is 7.74. The Morgan fingerprint density at radius 3 is 2.61 bits per heavy atom. The van der Waals surface area contributed by atoms with Gasteiger partial charge < -0.3 is 11.1 Å². The number of aromatic nitrogens is 2. The smallest absolute Gasteiger partial charge is 0.269 e. The summed E-state index contributed by atoms with van der Waals surface area (Å²) in [7, 11) is 0. The van der Waals surface area contributed by atoms with Gasteiger partial charge in [-0.1, -0.05) is 45.0 Å². The number of primary amides is 1. The van der Waals surface area contributed by atoms with E-state index in [1.807, 2.05) is 4.68 Å². The highest BCUT2D eigenvalue weighted by atomic mass is 16.1. The van der Waals surface area contributed by atoms with Gasteiger partial charge in [0.15, 0.2) is 5.69 Å². The van der Waals surface area contributed by atoms with Crippen LogP contribution >= 0.6 is 0 Å². The van der Waals surface area contributed by atoms with Crippen LogP contribution in [0.5, 0.6) is 0 Å². The first-order valence-corrected chi connectivity index (χ1v) is 8.05. The SMILES string of the molecule is CC(C)(C)c1ccc(Cn2nc(C(N)=O)c3c2CCNC3)cc1. The second kappa shape index (κ2) is 5.81. The number of carbonyl (C=O) groups excluding carboxylic acids is 1. The minimum absolute atomic E-state index is 0.147. The van der Waals surface area contributed by atoms with E-state index >= 15 is 0 Å². The summed E-state index contributed by atoms with van der Waals surface area (Å²) in [4.78, 5) is 11.6. The summed E-state index contributed by atoms with van der Waals surface area (Å²) in [6, 6.07) is 8.61. The number of amides is 1. The molecule has 2 aromatic rings. The second-order valence-corrected chi connectivity index (χ2v) is 7.17. The van der Waals surface area contributed by atoms with Crippen LogP contribution in [0.2, 0.25) is 0 Å². The number of nitrogens with two attached hydrogens (primary N) is 1. The standard InChI is InChI=1S/C18H24N4O/c1-18(2,3)13-6-4-12(5-7-13)11-22-15-8-9-20-10-14(15)16(21-22)17(19)23/h4-7,20H,8-11H2,1-3H3,(H2,19,23). The zero-order valence-corrected chi connectivity index (χ0v) is 14.0. The Morgan fingerprint density at radius 1 is 1.30 bits per heavy atom. The van der Waals surface area contributed by atoms with Crippen LogP contribution in [0.15, 0.2) is 24.3 Å². The van der Waals surface area contributed by atoms with Crippen LogP contribution in [0.4, 0.5) is 0 Å². The van der Waals surface area contributed by atoms with Crippen molar-refractivity contribution in [1.29, 1.82) is 0 Å². The van der Waals surface area contributed by atoms with Gasteiger partial charge in [0.05, 0.1) is 6.54 Å². The molecule has 2 heterocycles. The molecule has 0 fully saturated rings. The summed E-state index contributed by atoms with van der Waals surface area (Å²) in [6.45, 7) is 8.85. The number of nitrogens with zero attached hydrogens (tertiary/aromatic N) is 2. The summed E-state index contributed by atoms with van der Waals surface area (Å²) < 4.78 is 1.93. The van der Waals surface area contributed by atoms with Gasteiger partial charge in [0, 0.05) is 30.8 Å². The molecule has 1 aromatic carbocycles. The van der Waals surface area contributed by atoms with Gasteiger partial charge >= 0.3 is 0 Å². The minimum atomic E-state index is -0.452. The molecule has 0 bridgehead atoms. The normalized spacial score (nSPS) is 14.6. The Morgan fingerprint density at radius 2 is 2.00 bits per heavy atom. The Labute approximate surface area is 136 Å². The average molecular weight is 312 g/mol. The summed E-state index contributed by atoms with van der Waals surface area (Å²) >= 11 is 0. The predicted molar refractivity (Wildman–Crippen MR) is 90.4 cm³/mol. The molecule has 1 aliphatic rings. The quantitative estimate of drug-likeness (QED) is 0.910. The number of nitrogens with one attached hydrogen (secondary N) is 1. The summed E-state index contributed by atoms with van der Waals surface area (Å²) in [5.74, 6) is -0.452. The van der Waals surface area contributed by atoms with Crippen molar-refractivity contribution >= 4 is 5.91 Å². The number of carbonyl (C=O) groups is 1. The third kappa shape index (κ3) is 3.15. The number of benzene rings is 1. The van der Waals surface area contributed by atoms with E-state index in [-0.39, 0.29) is 5.41 Å². The van der Waals surface area contributed by atoms with Crippen molar-refractivity contribution < 1.29 is 4.79 Å². The molecule has 1 aliphatic heterocycles. The second-order valence-electron chi connectivity index (χ2n) is 7.17. The van der Waals surface area contributed by atoms with E-state index < -0.39 is 5.91 Å². The van der Waals surface area contributed by atoms with E-state index in [1.54, 1.807) is 0 Å². The molecule has 23 heavy (non-hydrogen) atoms. The molecule has 0 aliphatic carbocycles. The number of fused-ring (bicyclic) bond motifs is 1. The highest BCUT2D eigenvalue weighted by molar-refractivity contribution is 5.92. The Bertz CT molecular complexity index is 723. The van der Waals surface area contributed by atoms with Crippen molar-refractivity contribution in [3.05, 3.63) is 52.3 Å². The molecule has 0 unspecified atom stereocenters. The molecule has 0 spiro atoms. The third-order valence-electron chi connectivity index (χ3n) is 4.39. The fourth-order valence-corrected chi connectivity index (χ4v) is 3.03. The molecule has 5 heteroatoms. The van der Waals surface area contributed by atoms with Gasteiger partial charge in [-0.2, -0.15) is 5.10 Å². The van der Waals surface area contributed by atoms with E-state index in [0.29, 0.717) is 18.8 Å². The lowest BCUT2D eigenvalue weighted by atomic mass is 9.87. The maximum Gasteiger partial charge on any atom is 0.269 e. The van der Waals surface area contributed by atoms with E-state index in [2.05, 4.69) is 55.5 Å². The van der Waals surface area contributed by atoms with E-state index in [9.17, 15) is 4.79 Å². The van der Waals surface area contributed by atoms with Gasteiger partial charge in [0.25, 0.3) is 5.91 Å². The molecule has 0 radical (unpaired) electrons. The molecule has 0 saturated heterocycles. The van der Waals surface area contributed by atoms with Gasteiger partial charge in [-0.3, -0.25) is 9.48 Å². The third-order valence-corrected chi connectivity index (χ3v) is 4.39. The van der Waals surface area contributed by atoms with E-state index in [1.165, 1.54) is 11.1 Å². The zero-order chi connectivity index (χ0) is 16.6. The number of rotatable bonds is 3. The zero-order valence-electron chi connectivity index (χ0n) is 14.0. The Balaban J connectivity index is 1.90. The maximum absolute atomic E-state index is 11.6. The molecule has 3 N–H and O–H groups in total. The largest absolute Gasteiger partial charge is 0.364 e. The number of hydrogen-bond acceptors (Lipinski definition) is 3. The van der Waals surface area contributed by atoms with Gasteiger partial charge in [-0.05, 0) is 16.5 Å².